The zero-order valence-electron chi connectivity index (χ0n) is 14.9. The van der Waals surface area contributed by atoms with Gasteiger partial charge in [-0.3, -0.25) is 5.32 Å². The highest BCUT2D eigenvalue weighted by Gasteiger charge is 2.19. The van der Waals surface area contributed by atoms with E-state index in [1.807, 2.05) is 31.2 Å². The summed E-state index contributed by atoms with van der Waals surface area (Å²) in [6.45, 7) is 3.38. The molecule has 1 aromatic rings. The number of amides is 1. The number of anilines is 1. The maximum absolute atomic E-state index is 11.2. The van der Waals surface area contributed by atoms with Crippen molar-refractivity contribution in [3.8, 4) is 0 Å². The molecule has 0 unspecified atom stereocenters. The minimum absolute atomic E-state index is 0.158. The third-order valence-corrected chi connectivity index (χ3v) is 4.19. The van der Waals surface area contributed by atoms with Crippen molar-refractivity contribution in [2.45, 2.75) is 51.3 Å². The largest absolute Gasteiger partial charge is 0.453 e. The second-order valence-electron chi connectivity index (χ2n) is 6.16. The van der Waals surface area contributed by atoms with Crippen LogP contribution in [0.3, 0.4) is 0 Å². The first kappa shape index (κ1) is 19.1. The first-order valence-corrected chi connectivity index (χ1v) is 8.77. The molecule has 2 rings (SSSR count). The van der Waals surface area contributed by atoms with E-state index in [1.54, 1.807) is 0 Å². The Labute approximate surface area is 148 Å². The van der Waals surface area contributed by atoms with Gasteiger partial charge in [-0.15, -0.1) is 0 Å². The van der Waals surface area contributed by atoms with Gasteiger partial charge in [0.1, 0.15) is 0 Å². The molecule has 1 saturated carbocycles. The number of nitrogens with zero attached hydrogens (tertiary/aromatic N) is 1. The fourth-order valence-electron chi connectivity index (χ4n) is 2.77. The predicted octanol–water partition coefficient (Wildman–Crippen LogP) is 2.22. The molecule has 0 heterocycles. The summed E-state index contributed by atoms with van der Waals surface area (Å²) >= 11 is 0. The number of aliphatic hydroxyl groups excluding tert-OH is 1. The van der Waals surface area contributed by atoms with Crippen molar-refractivity contribution >= 4 is 17.7 Å². The number of methoxy groups -OCH3 is 1. The summed E-state index contributed by atoms with van der Waals surface area (Å²) in [6.07, 6.45) is 2.95. The van der Waals surface area contributed by atoms with Gasteiger partial charge in [-0.1, -0.05) is 12.1 Å². The molecule has 1 amide bonds. The lowest BCUT2D eigenvalue weighted by molar-refractivity contribution is 0.120. The Morgan fingerprint density at radius 3 is 2.52 bits per heavy atom. The van der Waals surface area contributed by atoms with Crippen molar-refractivity contribution in [3.05, 3.63) is 29.8 Å². The SMILES string of the molecule is CCNC(=NCc1ccc(NC(=O)OC)cc1)NC1CCC(O)CC1. The van der Waals surface area contributed by atoms with E-state index in [-0.39, 0.29) is 6.10 Å². The van der Waals surface area contributed by atoms with Crippen LogP contribution in [0.2, 0.25) is 0 Å². The van der Waals surface area contributed by atoms with E-state index in [9.17, 15) is 9.90 Å². The maximum atomic E-state index is 11.2. The van der Waals surface area contributed by atoms with Gasteiger partial charge in [0.2, 0.25) is 0 Å². The normalized spacial score (nSPS) is 20.7. The molecule has 0 saturated heterocycles. The van der Waals surface area contributed by atoms with Crippen molar-refractivity contribution < 1.29 is 14.6 Å². The first-order chi connectivity index (χ1) is 12.1. The zero-order valence-corrected chi connectivity index (χ0v) is 14.9. The van der Waals surface area contributed by atoms with E-state index in [0.29, 0.717) is 18.3 Å². The number of nitrogens with one attached hydrogen (secondary N) is 3. The second kappa shape index (κ2) is 9.88. The number of benzene rings is 1. The number of carbonyl (C=O) groups excluding carboxylic acids is 1. The van der Waals surface area contributed by atoms with Gasteiger partial charge in [0.25, 0.3) is 0 Å². The van der Waals surface area contributed by atoms with Crippen LogP contribution in [0.1, 0.15) is 38.2 Å². The van der Waals surface area contributed by atoms with Gasteiger partial charge < -0.3 is 20.5 Å². The van der Waals surface area contributed by atoms with Gasteiger partial charge in [0, 0.05) is 18.3 Å². The van der Waals surface area contributed by atoms with Gasteiger partial charge in [-0.05, 0) is 50.3 Å². The quantitative estimate of drug-likeness (QED) is 0.483. The highest BCUT2D eigenvalue weighted by molar-refractivity contribution is 5.84. The molecule has 0 aromatic heterocycles. The van der Waals surface area contributed by atoms with E-state index in [1.165, 1.54) is 7.11 Å². The summed E-state index contributed by atoms with van der Waals surface area (Å²) in [6, 6.07) is 7.85. The fourth-order valence-corrected chi connectivity index (χ4v) is 2.77. The monoisotopic (exact) mass is 348 g/mol. The molecule has 0 atom stereocenters. The lowest BCUT2D eigenvalue weighted by Gasteiger charge is -2.27. The van der Waals surface area contributed by atoms with Crippen LogP contribution < -0.4 is 16.0 Å². The Morgan fingerprint density at radius 1 is 1.24 bits per heavy atom. The van der Waals surface area contributed by atoms with E-state index in [2.05, 4.69) is 25.7 Å². The van der Waals surface area contributed by atoms with Gasteiger partial charge in [0.05, 0.1) is 19.8 Å². The average Bonchev–Trinajstić information content (AvgIpc) is 2.63. The number of rotatable bonds is 5. The molecule has 0 aliphatic heterocycles. The molecule has 0 bridgehead atoms. The highest BCUT2D eigenvalue weighted by Crippen LogP contribution is 2.18. The number of ether oxygens (including phenoxy) is 1. The molecule has 1 aliphatic carbocycles. The van der Waals surface area contributed by atoms with Crippen molar-refractivity contribution in [2.75, 3.05) is 19.0 Å². The molecule has 0 spiro atoms. The van der Waals surface area contributed by atoms with Crippen LogP contribution in [0.15, 0.2) is 29.3 Å². The van der Waals surface area contributed by atoms with Crippen LogP contribution in [-0.2, 0) is 11.3 Å². The van der Waals surface area contributed by atoms with Gasteiger partial charge in [-0.2, -0.15) is 0 Å². The lowest BCUT2D eigenvalue weighted by atomic mass is 9.93. The smallest absolute Gasteiger partial charge is 0.411 e. The van der Waals surface area contributed by atoms with Crippen LogP contribution in [-0.4, -0.2) is 43.0 Å². The number of aliphatic imine (C=N–C) groups is 1. The van der Waals surface area contributed by atoms with Crippen LogP contribution in [0, 0.1) is 0 Å². The number of guanidine groups is 1. The molecule has 1 fully saturated rings. The predicted molar refractivity (Wildman–Crippen MR) is 98.7 cm³/mol. The topological polar surface area (TPSA) is 95.0 Å². The summed E-state index contributed by atoms with van der Waals surface area (Å²) in [4.78, 5) is 15.8. The molecular formula is C18H28N4O3. The Balaban J connectivity index is 1.90. The van der Waals surface area contributed by atoms with Gasteiger partial charge >= 0.3 is 6.09 Å². The van der Waals surface area contributed by atoms with E-state index in [0.717, 1.165) is 43.8 Å². The summed E-state index contributed by atoms with van der Waals surface area (Å²) in [5.41, 5.74) is 1.73. The molecule has 1 aromatic carbocycles. The lowest BCUT2D eigenvalue weighted by Crippen LogP contribution is -2.45. The van der Waals surface area contributed by atoms with Crippen LogP contribution in [0.25, 0.3) is 0 Å². The van der Waals surface area contributed by atoms with Crippen molar-refractivity contribution in [3.63, 3.8) is 0 Å². The minimum atomic E-state index is -0.484. The van der Waals surface area contributed by atoms with Crippen LogP contribution in [0.5, 0.6) is 0 Å². The summed E-state index contributed by atoms with van der Waals surface area (Å²) < 4.78 is 4.56. The molecule has 4 N–H and O–H groups in total. The maximum Gasteiger partial charge on any atom is 0.411 e. The molecule has 25 heavy (non-hydrogen) atoms. The average molecular weight is 348 g/mol. The highest BCUT2D eigenvalue weighted by atomic mass is 16.5. The number of hydrogen-bond acceptors (Lipinski definition) is 4. The molecule has 138 valence electrons. The van der Waals surface area contributed by atoms with Crippen molar-refractivity contribution in [1.29, 1.82) is 0 Å². The Bertz CT molecular complexity index is 566. The number of hydrogen-bond donors (Lipinski definition) is 4. The minimum Gasteiger partial charge on any atom is -0.453 e. The Hall–Kier alpha value is -2.28. The second-order valence-corrected chi connectivity index (χ2v) is 6.16. The molecule has 7 nitrogen and oxygen atoms in total. The molecule has 7 heteroatoms. The molecule has 0 radical (unpaired) electrons. The van der Waals surface area contributed by atoms with Crippen LogP contribution in [0.4, 0.5) is 10.5 Å². The third-order valence-electron chi connectivity index (χ3n) is 4.19. The molecule has 1 aliphatic rings. The first-order valence-electron chi connectivity index (χ1n) is 8.77. The number of aliphatic hydroxyl groups is 1. The van der Waals surface area contributed by atoms with Gasteiger partial charge in [-0.25, -0.2) is 9.79 Å². The third kappa shape index (κ3) is 6.62. The molecular weight excluding hydrogens is 320 g/mol. The van der Waals surface area contributed by atoms with E-state index in [4.69, 9.17) is 0 Å². The summed E-state index contributed by atoms with van der Waals surface area (Å²) in [7, 11) is 1.33. The zero-order chi connectivity index (χ0) is 18.1. The Morgan fingerprint density at radius 2 is 1.92 bits per heavy atom. The van der Waals surface area contributed by atoms with Crippen molar-refractivity contribution in [2.24, 2.45) is 4.99 Å². The van der Waals surface area contributed by atoms with Crippen molar-refractivity contribution in [1.82, 2.24) is 10.6 Å². The van der Waals surface area contributed by atoms with Crippen LogP contribution >= 0.6 is 0 Å². The van der Waals surface area contributed by atoms with E-state index >= 15 is 0 Å². The fraction of sp³-hybridized carbons (Fsp3) is 0.556. The summed E-state index contributed by atoms with van der Waals surface area (Å²) in [5.74, 6) is 0.792. The standard InChI is InChI=1S/C18H28N4O3/c1-3-19-17(21-14-8-10-16(23)11-9-14)20-12-13-4-6-15(7-5-13)22-18(24)25-2/h4-7,14,16,23H,3,8-12H2,1-2H3,(H,22,24)(H2,19,20,21). The number of carbonyl (C=O) groups is 1. The Kier molecular flexibility index (Phi) is 7.53. The summed E-state index contributed by atoms with van der Waals surface area (Å²) in [5, 5.41) is 18.9. The van der Waals surface area contributed by atoms with E-state index < -0.39 is 6.09 Å². The van der Waals surface area contributed by atoms with Gasteiger partial charge in [0.15, 0.2) is 5.96 Å².